The summed E-state index contributed by atoms with van der Waals surface area (Å²) in [5, 5.41) is 6.69. The number of halogens is 2. The molecular weight excluding hydrogens is 504 g/mol. The molecular formula is C26H20BrClN2O3. The van der Waals surface area contributed by atoms with Gasteiger partial charge in [0.25, 0.3) is 5.91 Å². The van der Waals surface area contributed by atoms with Crippen LogP contribution in [0.3, 0.4) is 0 Å². The number of ether oxygens (including phenoxy) is 2. The van der Waals surface area contributed by atoms with Crippen molar-refractivity contribution in [3.63, 3.8) is 0 Å². The number of hydrogen-bond donors (Lipinski definition) is 1. The zero-order chi connectivity index (χ0) is 23.0. The van der Waals surface area contributed by atoms with E-state index in [1.807, 2.05) is 60.7 Å². The lowest BCUT2D eigenvalue weighted by atomic mass is 10.0. The van der Waals surface area contributed by atoms with Crippen LogP contribution < -0.4 is 14.9 Å². The first kappa shape index (κ1) is 22.8. The van der Waals surface area contributed by atoms with Gasteiger partial charge in [-0.2, -0.15) is 5.10 Å². The molecule has 4 aromatic carbocycles. The van der Waals surface area contributed by atoms with Gasteiger partial charge in [-0.05, 0) is 52.7 Å². The van der Waals surface area contributed by atoms with Crippen molar-refractivity contribution in [3.05, 3.63) is 106 Å². The highest BCUT2D eigenvalue weighted by Crippen LogP contribution is 2.27. The molecule has 0 aliphatic heterocycles. The minimum absolute atomic E-state index is 0.181. The maximum atomic E-state index is 12.2. The molecule has 1 amide bonds. The normalized spacial score (nSPS) is 11.0. The Balaban J connectivity index is 1.47. The van der Waals surface area contributed by atoms with E-state index in [-0.39, 0.29) is 12.5 Å². The summed E-state index contributed by atoms with van der Waals surface area (Å²) in [4.78, 5) is 12.2. The van der Waals surface area contributed by atoms with Crippen molar-refractivity contribution in [2.75, 3.05) is 6.61 Å². The van der Waals surface area contributed by atoms with E-state index in [0.717, 1.165) is 26.4 Å². The van der Waals surface area contributed by atoms with Crippen LogP contribution in [-0.2, 0) is 11.4 Å². The number of benzene rings is 4. The molecule has 0 heterocycles. The van der Waals surface area contributed by atoms with Gasteiger partial charge < -0.3 is 9.47 Å². The maximum Gasteiger partial charge on any atom is 0.277 e. The van der Waals surface area contributed by atoms with Crippen LogP contribution in [0.5, 0.6) is 11.5 Å². The summed E-state index contributed by atoms with van der Waals surface area (Å²) in [5.74, 6) is 0.795. The maximum absolute atomic E-state index is 12.2. The fourth-order valence-corrected chi connectivity index (χ4v) is 3.86. The van der Waals surface area contributed by atoms with Gasteiger partial charge >= 0.3 is 0 Å². The highest BCUT2D eigenvalue weighted by Gasteiger charge is 2.09. The fourth-order valence-electron chi connectivity index (χ4n) is 3.23. The predicted octanol–water partition coefficient (Wildman–Crippen LogP) is 6.36. The van der Waals surface area contributed by atoms with Crippen LogP contribution in [0.25, 0.3) is 10.8 Å². The molecule has 0 saturated carbocycles. The Morgan fingerprint density at radius 1 is 0.970 bits per heavy atom. The smallest absolute Gasteiger partial charge is 0.277 e. The summed E-state index contributed by atoms with van der Waals surface area (Å²) >= 11 is 9.41. The predicted molar refractivity (Wildman–Crippen MR) is 135 cm³/mol. The highest BCUT2D eigenvalue weighted by molar-refractivity contribution is 9.10. The zero-order valence-corrected chi connectivity index (χ0v) is 19.8. The van der Waals surface area contributed by atoms with Gasteiger partial charge in [-0.25, -0.2) is 5.43 Å². The van der Waals surface area contributed by atoms with Crippen molar-refractivity contribution >= 4 is 50.4 Å². The molecule has 5 nitrogen and oxygen atoms in total. The molecule has 0 bridgehead atoms. The molecule has 166 valence electrons. The number of hydrazone groups is 1. The molecule has 7 heteroatoms. The van der Waals surface area contributed by atoms with Crippen LogP contribution in [-0.4, -0.2) is 18.7 Å². The molecule has 0 spiro atoms. The fraction of sp³-hybridized carbons (Fsp3) is 0.0769. The molecule has 0 aromatic heterocycles. The average molecular weight is 524 g/mol. The van der Waals surface area contributed by atoms with Gasteiger partial charge in [-0.1, -0.05) is 76.1 Å². The third kappa shape index (κ3) is 6.34. The lowest BCUT2D eigenvalue weighted by molar-refractivity contribution is -0.123. The molecule has 0 aliphatic carbocycles. The monoisotopic (exact) mass is 522 g/mol. The molecule has 33 heavy (non-hydrogen) atoms. The topological polar surface area (TPSA) is 59.9 Å². The largest absolute Gasteiger partial charge is 0.488 e. The Hall–Kier alpha value is -3.35. The summed E-state index contributed by atoms with van der Waals surface area (Å²) in [7, 11) is 0. The van der Waals surface area contributed by atoms with E-state index in [9.17, 15) is 4.79 Å². The van der Waals surface area contributed by atoms with Gasteiger partial charge in [-0.3, -0.25) is 4.79 Å². The number of hydrogen-bond acceptors (Lipinski definition) is 4. The van der Waals surface area contributed by atoms with Gasteiger partial charge in [0.1, 0.15) is 18.1 Å². The minimum atomic E-state index is -0.386. The Morgan fingerprint density at radius 3 is 2.67 bits per heavy atom. The number of rotatable bonds is 8. The van der Waals surface area contributed by atoms with Crippen LogP contribution in [0, 0.1) is 0 Å². The molecule has 1 N–H and O–H groups in total. The van der Waals surface area contributed by atoms with Gasteiger partial charge in [0.2, 0.25) is 0 Å². The van der Waals surface area contributed by atoms with E-state index in [4.69, 9.17) is 21.1 Å². The molecule has 0 atom stereocenters. The second kappa shape index (κ2) is 11.0. The lowest BCUT2D eigenvalue weighted by Crippen LogP contribution is -2.24. The lowest BCUT2D eigenvalue weighted by Gasteiger charge is -2.12. The Kier molecular flexibility index (Phi) is 7.60. The summed E-state index contributed by atoms with van der Waals surface area (Å²) < 4.78 is 12.5. The molecule has 0 unspecified atom stereocenters. The Labute approximate surface area is 205 Å². The van der Waals surface area contributed by atoms with Crippen molar-refractivity contribution in [3.8, 4) is 11.5 Å². The summed E-state index contributed by atoms with van der Waals surface area (Å²) in [6, 6.07) is 26.6. The number of fused-ring (bicyclic) bond motifs is 1. The summed E-state index contributed by atoms with van der Waals surface area (Å²) in [6.07, 6.45) is 1.59. The molecule has 0 fully saturated rings. The van der Waals surface area contributed by atoms with E-state index in [2.05, 4.69) is 26.5 Å². The quantitative estimate of drug-likeness (QED) is 0.216. The zero-order valence-electron chi connectivity index (χ0n) is 17.5. The Bertz CT molecular complexity index is 1310. The van der Waals surface area contributed by atoms with E-state index in [1.165, 1.54) is 0 Å². The number of carbonyl (C=O) groups excluding carboxylic acids is 1. The van der Waals surface area contributed by atoms with Crippen molar-refractivity contribution < 1.29 is 14.3 Å². The summed E-state index contributed by atoms with van der Waals surface area (Å²) in [5.41, 5.74) is 4.31. The summed E-state index contributed by atoms with van der Waals surface area (Å²) in [6.45, 7) is 0.220. The second-order valence-electron chi connectivity index (χ2n) is 7.16. The SMILES string of the molecule is O=C(COc1cccc(Cl)c1)NN=Cc1c(OCc2cccc(Br)c2)ccc2ccccc12. The molecule has 0 aliphatic rings. The van der Waals surface area contributed by atoms with Crippen LogP contribution >= 0.6 is 27.5 Å². The Morgan fingerprint density at radius 2 is 1.82 bits per heavy atom. The van der Waals surface area contributed by atoms with Crippen molar-refractivity contribution in [1.29, 1.82) is 0 Å². The third-order valence-electron chi connectivity index (χ3n) is 4.76. The first-order chi connectivity index (χ1) is 16.1. The van der Waals surface area contributed by atoms with Crippen LogP contribution in [0.2, 0.25) is 5.02 Å². The van der Waals surface area contributed by atoms with E-state index in [1.54, 1.807) is 30.5 Å². The first-order valence-corrected chi connectivity index (χ1v) is 11.3. The van der Waals surface area contributed by atoms with Crippen LogP contribution in [0.1, 0.15) is 11.1 Å². The standard InChI is InChI=1S/C26H20BrClN2O3/c27-20-7-3-5-18(13-20)16-33-25-12-11-19-6-1-2-10-23(19)24(25)15-29-30-26(31)17-32-22-9-4-8-21(28)14-22/h1-15H,16-17H2,(H,30,31). The van der Waals surface area contributed by atoms with E-state index >= 15 is 0 Å². The number of nitrogens with zero attached hydrogens (tertiary/aromatic N) is 1. The molecule has 4 aromatic rings. The van der Waals surface area contributed by atoms with E-state index in [0.29, 0.717) is 23.1 Å². The molecule has 4 rings (SSSR count). The number of carbonyl (C=O) groups is 1. The number of nitrogens with one attached hydrogen (secondary N) is 1. The van der Waals surface area contributed by atoms with Gasteiger partial charge in [0, 0.05) is 15.1 Å². The van der Waals surface area contributed by atoms with Crippen LogP contribution in [0.15, 0.2) is 94.5 Å². The minimum Gasteiger partial charge on any atom is -0.488 e. The van der Waals surface area contributed by atoms with Gasteiger partial charge in [0.15, 0.2) is 6.61 Å². The van der Waals surface area contributed by atoms with Crippen LogP contribution in [0.4, 0.5) is 0 Å². The highest BCUT2D eigenvalue weighted by atomic mass is 79.9. The number of amides is 1. The molecule has 0 radical (unpaired) electrons. The average Bonchev–Trinajstić information content (AvgIpc) is 2.82. The van der Waals surface area contributed by atoms with Crippen molar-refractivity contribution in [2.24, 2.45) is 5.10 Å². The van der Waals surface area contributed by atoms with Gasteiger partial charge in [-0.15, -0.1) is 0 Å². The second-order valence-corrected chi connectivity index (χ2v) is 8.51. The van der Waals surface area contributed by atoms with Crippen molar-refractivity contribution in [2.45, 2.75) is 6.61 Å². The molecule has 0 saturated heterocycles. The van der Waals surface area contributed by atoms with E-state index < -0.39 is 0 Å². The van der Waals surface area contributed by atoms with Gasteiger partial charge in [0.05, 0.1) is 6.21 Å². The first-order valence-electron chi connectivity index (χ1n) is 10.2. The van der Waals surface area contributed by atoms with Crippen molar-refractivity contribution in [1.82, 2.24) is 5.43 Å². The third-order valence-corrected chi connectivity index (χ3v) is 5.49.